The van der Waals surface area contributed by atoms with Crippen LogP contribution in [0.15, 0.2) is 121 Å². The van der Waals surface area contributed by atoms with Crippen molar-refractivity contribution in [1.29, 1.82) is 0 Å². The summed E-state index contributed by atoms with van der Waals surface area (Å²) in [6.45, 7) is 11.4. The minimum Gasteiger partial charge on any atom is -0.343 e. The van der Waals surface area contributed by atoms with E-state index in [1.807, 2.05) is 121 Å². The summed E-state index contributed by atoms with van der Waals surface area (Å²) in [4.78, 5) is 0. The molecule has 0 nitrogen and oxygen atoms in total. The topological polar surface area (TPSA) is 0 Å². The molecule has 174 valence electrons. The number of hydrogen-bond acceptors (Lipinski definition) is 0. The molecule has 0 aliphatic carbocycles. The van der Waals surface area contributed by atoms with Gasteiger partial charge < -0.3 is 13.8 Å². The van der Waals surface area contributed by atoms with Crippen LogP contribution in [0.3, 0.4) is 0 Å². The average molecular weight is 502 g/mol. The summed E-state index contributed by atoms with van der Waals surface area (Å²) in [5, 5.41) is 0. The Kier molecular flexibility index (Phi) is 54.7. The molecule has 0 amide bonds. The third-order valence-corrected chi connectivity index (χ3v) is 2.93. The van der Waals surface area contributed by atoms with Gasteiger partial charge in [-0.2, -0.15) is 85.6 Å². The van der Waals surface area contributed by atoms with Crippen LogP contribution in [0, 0.1) is 13.8 Å². The Morgan fingerprint density at radius 1 is 0.452 bits per heavy atom. The van der Waals surface area contributed by atoms with Gasteiger partial charge in [-0.15, -0.1) is 0 Å². The van der Waals surface area contributed by atoms with E-state index in [2.05, 4.69) is 27.7 Å². The molecule has 0 aliphatic heterocycles. The van der Waals surface area contributed by atoms with Crippen molar-refractivity contribution in [3.8, 4) is 0 Å². The van der Waals surface area contributed by atoms with E-state index in [1.54, 1.807) is 0 Å². The molecule has 0 spiro atoms. The summed E-state index contributed by atoms with van der Waals surface area (Å²) in [5.74, 6) is 0. The summed E-state index contributed by atoms with van der Waals surface area (Å²) in [6.07, 6.45) is 4.56. The Bertz CT molecular complexity index is 391. The first-order valence-corrected chi connectivity index (χ1v) is 10.1. The van der Waals surface area contributed by atoms with Crippen LogP contribution in [0.25, 0.3) is 0 Å². The molecule has 4 aromatic carbocycles. The predicted octanol–water partition coefficient (Wildman–Crippen LogP) is 9.49. The maximum atomic E-state index is 3.60. The first-order valence-electron chi connectivity index (χ1n) is 10.1. The van der Waals surface area contributed by atoms with Crippen molar-refractivity contribution in [3.05, 3.63) is 135 Å². The fourth-order valence-electron chi connectivity index (χ4n) is 1.28. The van der Waals surface area contributed by atoms with Crippen LogP contribution in [-0.4, -0.2) is 0 Å². The molecule has 0 saturated carbocycles. The van der Waals surface area contributed by atoms with Crippen molar-refractivity contribution in [2.75, 3.05) is 0 Å². The summed E-state index contributed by atoms with van der Waals surface area (Å²) in [7, 11) is 0. The van der Waals surface area contributed by atoms with Crippen molar-refractivity contribution < 1.29 is 34.1 Å². The second-order valence-electron chi connectivity index (χ2n) is 5.56. The molecule has 0 aromatic heterocycles. The van der Waals surface area contributed by atoms with Gasteiger partial charge in [0, 0.05) is 0 Å². The Labute approximate surface area is 215 Å². The maximum absolute atomic E-state index is 3.60. The number of hydrogen-bond donors (Lipinski definition) is 0. The fraction of sp³-hybridized carbons (Fsp3) is 0.241. The molecule has 0 bridgehead atoms. The second-order valence-corrected chi connectivity index (χ2v) is 5.56. The molecule has 0 fully saturated rings. The van der Waals surface area contributed by atoms with Crippen LogP contribution in [0.5, 0.6) is 0 Å². The average Bonchev–Trinajstić information content (AvgIpc) is 3.58. The van der Waals surface area contributed by atoms with Crippen LogP contribution in [0.4, 0.5) is 0 Å². The van der Waals surface area contributed by atoms with Gasteiger partial charge in [-0.25, -0.2) is 48.5 Å². The van der Waals surface area contributed by atoms with Crippen molar-refractivity contribution in [2.24, 2.45) is 0 Å². The van der Waals surface area contributed by atoms with Gasteiger partial charge in [-0.05, 0) is 0 Å². The molecular formula is C29H42Fe2. The van der Waals surface area contributed by atoms with Crippen LogP contribution < -0.4 is 0 Å². The Balaban J connectivity index is -0.0000000859. The molecule has 2 heteroatoms. The summed E-state index contributed by atoms with van der Waals surface area (Å²) < 4.78 is 0. The van der Waals surface area contributed by atoms with Gasteiger partial charge in [0.15, 0.2) is 0 Å². The third kappa shape index (κ3) is 47.6. The van der Waals surface area contributed by atoms with Crippen molar-refractivity contribution in [3.63, 3.8) is 0 Å². The summed E-state index contributed by atoms with van der Waals surface area (Å²) >= 11 is 0. The Hall–Kier alpha value is -1.56. The largest absolute Gasteiger partial charge is 3.00 e. The predicted molar refractivity (Wildman–Crippen MR) is 135 cm³/mol. The van der Waals surface area contributed by atoms with Crippen LogP contribution >= 0.6 is 0 Å². The van der Waals surface area contributed by atoms with Gasteiger partial charge in [0.2, 0.25) is 0 Å². The van der Waals surface area contributed by atoms with Crippen molar-refractivity contribution in [2.45, 2.75) is 47.0 Å². The van der Waals surface area contributed by atoms with E-state index in [1.165, 1.54) is 12.8 Å². The molecular weight excluding hydrogens is 460 g/mol. The third-order valence-electron chi connectivity index (χ3n) is 2.93. The molecule has 31 heavy (non-hydrogen) atoms. The van der Waals surface area contributed by atoms with E-state index in [0.717, 1.165) is 12.8 Å². The molecule has 4 rings (SSSR count). The second kappa shape index (κ2) is 42.5. The molecule has 4 aromatic rings. The van der Waals surface area contributed by atoms with Crippen LogP contribution in [0.2, 0.25) is 0 Å². The maximum Gasteiger partial charge on any atom is 3.00 e. The van der Waals surface area contributed by atoms with E-state index in [9.17, 15) is 0 Å². The van der Waals surface area contributed by atoms with Gasteiger partial charge in [-0.1, -0.05) is 34.1 Å². The van der Waals surface area contributed by atoms with E-state index in [0.29, 0.717) is 0 Å². The SMILES string of the molecule is C.[CH2-]CCC.[CH2-]CCC.[Fe+3].[Fe+3].c1cc[cH-]c1.c1cc[cH-]c1.c1cc[cH-]c1.c1cc[cH-]c1. The molecule has 0 atom stereocenters. The van der Waals surface area contributed by atoms with Crippen LogP contribution in [-0.2, 0) is 34.1 Å². The minimum atomic E-state index is 0. The van der Waals surface area contributed by atoms with E-state index in [4.69, 9.17) is 0 Å². The Morgan fingerprint density at radius 3 is 0.613 bits per heavy atom. The normalized spacial score (nSPS) is 7.10. The zero-order valence-corrected chi connectivity index (χ0v) is 20.7. The molecule has 0 heterocycles. The zero-order valence-electron chi connectivity index (χ0n) is 18.5. The smallest absolute Gasteiger partial charge is 0.343 e. The molecule has 2 radical (unpaired) electrons. The van der Waals surface area contributed by atoms with Gasteiger partial charge >= 0.3 is 34.1 Å². The first-order chi connectivity index (χ1) is 13.8. The van der Waals surface area contributed by atoms with Crippen molar-refractivity contribution >= 4 is 0 Å². The molecule has 0 saturated heterocycles. The van der Waals surface area contributed by atoms with Gasteiger partial charge in [0.05, 0.1) is 0 Å². The standard InChI is InChI=1S/4C5H5.2C4H9.CH4.2Fe/c4*1-2-4-5-3-1;2*1-3-4-2;;;/h4*1-5H;2*1,3-4H2,2H3;1H4;;/q6*-1;;2*+3. The number of unbranched alkanes of at least 4 members (excludes halogenated alkanes) is 2. The van der Waals surface area contributed by atoms with Gasteiger partial charge in [-0.3, -0.25) is 0 Å². The summed E-state index contributed by atoms with van der Waals surface area (Å²) in [5.41, 5.74) is 0. The molecule has 0 aliphatic rings. The van der Waals surface area contributed by atoms with E-state index >= 15 is 0 Å². The number of rotatable bonds is 2. The summed E-state index contributed by atoms with van der Waals surface area (Å²) in [6, 6.07) is 40.0. The van der Waals surface area contributed by atoms with Gasteiger partial charge in [0.25, 0.3) is 0 Å². The van der Waals surface area contributed by atoms with Crippen LogP contribution in [0.1, 0.15) is 47.0 Å². The fourth-order valence-corrected chi connectivity index (χ4v) is 1.28. The molecule has 0 N–H and O–H groups in total. The van der Waals surface area contributed by atoms with E-state index in [-0.39, 0.29) is 41.6 Å². The monoisotopic (exact) mass is 502 g/mol. The first kappa shape index (κ1) is 39.9. The van der Waals surface area contributed by atoms with Gasteiger partial charge in [0.1, 0.15) is 0 Å². The Morgan fingerprint density at radius 2 is 0.581 bits per heavy atom. The minimum absolute atomic E-state index is 0. The van der Waals surface area contributed by atoms with E-state index < -0.39 is 0 Å². The quantitative estimate of drug-likeness (QED) is 0.189. The van der Waals surface area contributed by atoms with Crippen molar-refractivity contribution in [1.82, 2.24) is 0 Å². The zero-order chi connectivity index (χ0) is 21.0. The molecule has 0 unspecified atom stereocenters.